The van der Waals surface area contributed by atoms with E-state index in [1.54, 1.807) is 0 Å². The lowest BCUT2D eigenvalue weighted by atomic mass is 10.2. The van der Waals surface area contributed by atoms with Crippen molar-refractivity contribution in [3.05, 3.63) is 24.3 Å². The van der Waals surface area contributed by atoms with Gasteiger partial charge in [-0.25, -0.2) is 9.59 Å². The van der Waals surface area contributed by atoms with Crippen molar-refractivity contribution < 1.29 is 24.4 Å². The average molecular weight is 242 g/mol. The highest BCUT2D eigenvalue weighted by molar-refractivity contribution is 5.88. The van der Waals surface area contributed by atoms with Crippen LogP contribution in [0.2, 0.25) is 0 Å². The Hall–Kier alpha value is -1.62. The number of carbonyl (C=O) groups excluding carboxylic acids is 2. The first kappa shape index (κ1) is 15.4. The summed E-state index contributed by atoms with van der Waals surface area (Å²) in [4.78, 5) is 30.8. The van der Waals surface area contributed by atoms with Gasteiger partial charge in [0.25, 0.3) is 0 Å². The molecule has 0 fully saturated rings. The van der Waals surface area contributed by atoms with E-state index in [2.05, 4.69) is 28.0 Å². The van der Waals surface area contributed by atoms with Gasteiger partial charge in [0.2, 0.25) is 0 Å². The summed E-state index contributed by atoms with van der Waals surface area (Å²) in [7, 11) is 0. The molecule has 0 N–H and O–H groups in total. The van der Waals surface area contributed by atoms with Crippen molar-refractivity contribution in [1.82, 2.24) is 0 Å². The van der Waals surface area contributed by atoms with Crippen molar-refractivity contribution in [3.63, 3.8) is 0 Å². The molecule has 0 aliphatic rings. The largest absolute Gasteiger partial charge is 0.372 e. The summed E-state index contributed by atoms with van der Waals surface area (Å²) in [6.07, 6.45) is 2.53. The van der Waals surface area contributed by atoms with E-state index in [0.29, 0.717) is 12.8 Å². The molecule has 0 saturated carbocycles. The number of hydrogen-bond donors (Lipinski definition) is 0. The third kappa shape index (κ3) is 6.52. The maximum atomic E-state index is 11.1. The van der Waals surface area contributed by atoms with E-state index in [4.69, 9.17) is 0 Å². The van der Waals surface area contributed by atoms with Crippen LogP contribution in [-0.2, 0) is 24.4 Å². The number of hydrogen-bond acceptors (Lipinski definition) is 5. The fourth-order valence-corrected chi connectivity index (χ4v) is 1.00. The molecule has 0 saturated heterocycles. The molecule has 0 aromatic heterocycles. The normalized spacial score (nSPS) is 9.53. The van der Waals surface area contributed by atoms with Gasteiger partial charge in [0, 0.05) is 16.2 Å². The molecule has 0 unspecified atom stereocenters. The van der Waals surface area contributed by atoms with Gasteiger partial charge in [-0.05, 0) is 12.8 Å². The van der Waals surface area contributed by atoms with Gasteiger partial charge in [0.05, 0.1) is 0 Å². The Morgan fingerprint density at radius 3 is 1.53 bits per heavy atom. The molecule has 0 bridgehead atoms. The second-order valence-electron chi connectivity index (χ2n) is 3.52. The monoisotopic (exact) mass is 242 g/mol. The molecule has 0 aromatic carbocycles. The second-order valence-corrected chi connectivity index (χ2v) is 3.52. The summed E-state index contributed by atoms with van der Waals surface area (Å²) in [5.74, 6) is -1.50. The minimum atomic E-state index is -0.749. The van der Waals surface area contributed by atoms with Crippen molar-refractivity contribution in [2.75, 3.05) is 0 Å². The molecule has 0 amide bonds. The Bertz CT molecular complexity index is 276. The minimum Gasteiger partial charge on any atom is -0.254 e. The Morgan fingerprint density at radius 1 is 0.882 bits per heavy atom. The topological polar surface area (TPSA) is 61.8 Å². The number of rotatable bonds is 8. The standard InChI is InChI=1S/C12H18O5/c1-5-7-9(3)11(13)15-17-16-12(14)10(4)8-6-2/h3-8H2,1-2H3. The van der Waals surface area contributed by atoms with Gasteiger partial charge in [-0.3, -0.25) is 9.78 Å². The Morgan fingerprint density at radius 2 is 1.24 bits per heavy atom. The molecule has 0 radical (unpaired) electrons. The fourth-order valence-electron chi connectivity index (χ4n) is 1.00. The van der Waals surface area contributed by atoms with E-state index in [9.17, 15) is 9.59 Å². The van der Waals surface area contributed by atoms with Crippen molar-refractivity contribution in [2.45, 2.75) is 39.5 Å². The summed E-state index contributed by atoms with van der Waals surface area (Å²) in [5.41, 5.74) is 0.520. The minimum absolute atomic E-state index is 0.260. The van der Waals surface area contributed by atoms with Crippen molar-refractivity contribution >= 4 is 11.9 Å². The third-order valence-electron chi connectivity index (χ3n) is 1.90. The summed E-state index contributed by atoms with van der Waals surface area (Å²) >= 11 is 0. The van der Waals surface area contributed by atoms with Crippen molar-refractivity contribution in [2.24, 2.45) is 0 Å². The average Bonchev–Trinajstić information content (AvgIpc) is 2.29. The zero-order valence-corrected chi connectivity index (χ0v) is 10.3. The lowest BCUT2D eigenvalue weighted by molar-refractivity contribution is -0.456. The quantitative estimate of drug-likeness (QED) is 0.372. The highest BCUT2D eigenvalue weighted by Crippen LogP contribution is 2.07. The summed E-state index contributed by atoms with van der Waals surface area (Å²) in [6.45, 7) is 10.8. The molecule has 17 heavy (non-hydrogen) atoms. The molecule has 5 heteroatoms. The van der Waals surface area contributed by atoms with Gasteiger partial charge >= 0.3 is 11.9 Å². The summed E-state index contributed by atoms with van der Waals surface area (Å²) in [5, 5.41) is 4.07. The van der Waals surface area contributed by atoms with Crippen LogP contribution in [0.3, 0.4) is 0 Å². The second kappa shape index (κ2) is 8.52. The lowest BCUT2D eigenvalue weighted by Gasteiger charge is -2.04. The van der Waals surface area contributed by atoms with Crippen LogP contribution >= 0.6 is 0 Å². The van der Waals surface area contributed by atoms with E-state index in [0.717, 1.165) is 12.8 Å². The lowest BCUT2D eigenvalue weighted by Crippen LogP contribution is -2.13. The van der Waals surface area contributed by atoms with Gasteiger partial charge in [-0.15, -0.1) is 0 Å². The van der Waals surface area contributed by atoms with Crippen LogP contribution in [0.4, 0.5) is 0 Å². The Labute approximate surface area is 101 Å². The zero-order valence-electron chi connectivity index (χ0n) is 10.3. The third-order valence-corrected chi connectivity index (χ3v) is 1.90. The van der Waals surface area contributed by atoms with Gasteiger partial charge < -0.3 is 0 Å². The molecule has 0 rings (SSSR count). The molecular weight excluding hydrogens is 224 g/mol. The summed E-state index contributed by atoms with van der Waals surface area (Å²) in [6, 6.07) is 0. The predicted molar refractivity (Wildman–Crippen MR) is 61.4 cm³/mol. The van der Waals surface area contributed by atoms with E-state index in [1.165, 1.54) is 0 Å². The Kier molecular flexibility index (Phi) is 7.71. The van der Waals surface area contributed by atoms with Crippen LogP contribution in [0.15, 0.2) is 24.3 Å². The molecule has 96 valence electrons. The van der Waals surface area contributed by atoms with E-state index >= 15 is 0 Å². The van der Waals surface area contributed by atoms with Gasteiger partial charge in [0.15, 0.2) is 0 Å². The van der Waals surface area contributed by atoms with Crippen LogP contribution in [-0.4, -0.2) is 11.9 Å². The molecule has 0 atom stereocenters. The molecule has 0 aliphatic carbocycles. The van der Waals surface area contributed by atoms with Crippen LogP contribution < -0.4 is 0 Å². The van der Waals surface area contributed by atoms with Crippen LogP contribution in [0, 0.1) is 0 Å². The van der Waals surface area contributed by atoms with E-state index < -0.39 is 11.9 Å². The molecule has 0 spiro atoms. The maximum Gasteiger partial charge on any atom is 0.372 e. The highest BCUT2D eigenvalue weighted by atomic mass is 17.5. The first-order valence-corrected chi connectivity index (χ1v) is 5.48. The fraction of sp³-hybridized carbons (Fsp3) is 0.500. The van der Waals surface area contributed by atoms with Gasteiger partial charge in [-0.2, -0.15) is 0 Å². The number of carbonyl (C=O) groups is 2. The zero-order chi connectivity index (χ0) is 13.3. The first-order valence-electron chi connectivity index (χ1n) is 5.48. The molecular formula is C12H18O5. The highest BCUT2D eigenvalue weighted by Gasteiger charge is 2.13. The molecule has 0 aliphatic heterocycles. The van der Waals surface area contributed by atoms with Gasteiger partial charge in [-0.1, -0.05) is 39.8 Å². The SMILES string of the molecule is C=C(CCC)C(=O)OOOC(=O)C(=C)CCC. The predicted octanol–water partition coefficient (Wildman–Crippen LogP) is 2.63. The van der Waals surface area contributed by atoms with Crippen LogP contribution in [0.1, 0.15) is 39.5 Å². The summed E-state index contributed by atoms with van der Waals surface area (Å²) < 4.78 is 0. The van der Waals surface area contributed by atoms with Crippen molar-refractivity contribution in [3.8, 4) is 0 Å². The van der Waals surface area contributed by atoms with E-state index in [-0.39, 0.29) is 11.1 Å². The smallest absolute Gasteiger partial charge is 0.254 e. The molecule has 0 heterocycles. The van der Waals surface area contributed by atoms with Gasteiger partial charge in [0.1, 0.15) is 0 Å². The van der Waals surface area contributed by atoms with Crippen molar-refractivity contribution in [1.29, 1.82) is 0 Å². The molecule has 0 aromatic rings. The van der Waals surface area contributed by atoms with E-state index in [1.807, 2.05) is 13.8 Å². The Balaban J connectivity index is 3.84. The maximum absolute atomic E-state index is 11.1. The van der Waals surface area contributed by atoms with Crippen LogP contribution in [0.5, 0.6) is 0 Å². The first-order chi connectivity index (χ1) is 8.02. The van der Waals surface area contributed by atoms with Crippen LogP contribution in [0.25, 0.3) is 0 Å². The molecule has 5 nitrogen and oxygen atoms in total.